The minimum atomic E-state index is -0.558. The largest absolute Gasteiger partial charge is 0.507 e. The minimum Gasteiger partial charge on any atom is -0.507 e. The average Bonchev–Trinajstić information content (AvgIpc) is 2.60. The van der Waals surface area contributed by atoms with Crippen molar-refractivity contribution in [3.05, 3.63) is 58.7 Å². The van der Waals surface area contributed by atoms with Crippen molar-refractivity contribution in [2.24, 2.45) is 0 Å². The summed E-state index contributed by atoms with van der Waals surface area (Å²) >= 11 is 0. The quantitative estimate of drug-likeness (QED) is 0.718. The van der Waals surface area contributed by atoms with Crippen molar-refractivity contribution in [2.75, 3.05) is 13.2 Å². The Morgan fingerprint density at radius 2 is 1.92 bits per heavy atom. The van der Waals surface area contributed by atoms with Gasteiger partial charge in [0.2, 0.25) is 0 Å². The number of aromatic hydroxyl groups is 1. The van der Waals surface area contributed by atoms with Gasteiger partial charge in [-0.2, -0.15) is 0 Å². The number of aliphatic hydroxyl groups excluding tert-OH is 1. The van der Waals surface area contributed by atoms with Gasteiger partial charge in [0.1, 0.15) is 23.7 Å². The van der Waals surface area contributed by atoms with Gasteiger partial charge in [-0.1, -0.05) is 30.3 Å². The van der Waals surface area contributed by atoms with Gasteiger partial charge in [-0.15, -0.1) is 0 Å². The van der Waals surface area contributed by atoms with Crippen molar-refractivity contribution in [3.63, 3.8) is 0 Å². The molecule has 5 heteroatoms. The molecule has 5 nitrogen and oxygen atoms in total. The molecule has 0 saturated carbocycles. The number of aryl methyl sites for hydroxylation is 1. The lowest BCUT2D eigenvalue weighted by Gasteiger charge is -2.17. The summed E-state index contributed by atoms with van der Waals surface area (Å²) in [7, 11) is 0. The number of aliphatic hydroxyl groups is 1. The van der Waals surface area contributed by atoms with E-state index in [4.69, 9.17) is 14.6 Å². The van der Waals surface area contributed by atoms with E-state index in [-0.39, 0.29) is 24.5 Å². The van der Waals surface area contributed by atoms with Gasteiger partial charge in [0.15, 0.2) is 0 Å². The molecular formula is C20H24O5. The van der Waals surface area contributed by atoms with E-state index in [9.17, 15) is 9.90 Å². The second-order valence-electron chi connectivity index (χ2n) is 5.72. The molecule has 0 bridgehead atoms. The molecule has 134 valence electrons. The van der Waals surface area contributed by atoms with Crippen molar-refractivity contribution in [3.8, 4) is 11.5 Å². The number of carbonyl (C=O) groups excluding carboxylic acids is 1. The molecule has 0 spiro atoms. The third-order valence-electron chi connectivity index (χ3n) is 3.86. The molecule has 0 aliphatic heterocycles. The van der Waals surface area contributed by atoms with Gasteiger partial charge >= 0.3 is 5.97 Å². The van der Waals surface area contributed by atoms with Gasteiger partial charge in [0.05, 0.1) is 6.61 Å². The Morgan fingerprint density at radius 3 is 2.56 bits per heavy atom. The number of ether oxygens (including phenoxy) is 2. The van der Waals surface area contributed by atoms with Crippen molar-refractivity contribution in [1.82, 2.24) is 0 Å². The average molecular weight is 344 g/mol. The zero-order chi connectivity index (χ0) is 18.2. The second kappa shape index (κ2) is 9.08. The maximum absolute atomic E-state index is 12.1. The molecule has 25 heavy (non-hydrogen) atoms. The highest BCUT2D eigenvalue weighted by molar-refractivity contribution is 5.95. The molecule has 0 amide bonds. The maximum Gasteiger partial charge on any atom is 0.342 e. The molecule has 2 rings (SSSR count). The van der Waals surface area contributed by atoms with E-state index in [0.717, 1.165) is 5.56 Å². The summed E-state index contributed by atoms with van der Waals surface area (Å²) in [4.78, 5) is 12.1. The monoisotopic (exact) mass is 344 g/mol. The Bertz CT molecular complexity index is 710. The van der Waals surface area contributed by atoms with E-state index >= 15 is 0 Å². The summed E-state index contributed by atoms with van der Waals surface area (Å²) in [6.45, 7) is 4.02. The summed E-state index contributed by atoms with van der Waals surface area (Å²) in [5.41, 5.74) is 2.26. The first-order valence-corrected chi connectivity index (χ1v) is 8.38. The summed E-state index contributed by atoms with van der Waals surface area (Å²) < 4.78 is 10.9. The number of phenols is 1. The molecule has 0 fully saturated rings. The number of carbonyl (C=O) groups is 1. The van der Waals surface area contributed by atoms with Gasteiger partial charge < -0.3 is 19.7 Å². The standard InChI is InChI=1S/C20H24O5/c1-3-24-20(23)18-14(2)12-17(16(19(18)22)10-7-11-21)25-13-15-8-5-4-6-9-15/h4-6,8-9,12,21-22H,3,7,10-11,13H2,1-2H3. The van der Waals surface area contributed by atoms with Gasteiger partial charge in [0, 0.05) is 12.2 Å². The Balaban J connectivity index is 2.35. The lowest BCUT2D eigenvalue weighted by molar-refractivity contribution is 0.0522. The SMILES string of the molecule is CCOC(=O)c1c(C)cc(OCc2ccccc2)c(CCCO)c1O. The van der Waals surface area contributed by atoms with Gasteiger partial charge in [-0.25, -0.2) is 4.79 Å². The summed E-state index contributed by atoms with van der Waals surface area (Å²) in [5, 5.41) is 19.7. The topological polar surface area (TPSA) is 76.0 Å². The molecular weight excluding hydrogens is 320 g/mol. The fourth-order valence-electron chi connectivity index (χ4n) is 2.63. The van der Waals surface area contributed by atoms with Crippen molar-refractivity contribution >= 4 is 5.97 Å². The Morgan fingerprint density at radius 1 is 1.20 bits per heavy atom. The zero-order valence-electron chi connectivity index (χ0n) is 14.6. The molecule has 2 aromatic carbocycles. The van der Waals surface area contributed by atoms with Crippen LogP contribution in [-0.4, -0.2) is 29.4 Å². The predicted molar refractivity (Wildman–Crippen MR) is 95.0 cm³/mol. The third kappa shape index (κ3) is 4.73. The maximum atomic E-state index is 12.1. The van der Waals surface area contributed by atoms with Crippen LogP contribution < -0.4 is 4.74 Å². The van der Waals surface area contributed by atoms with Crippen LogP contribution >= 0.6 is 0 Å². The number of benzene rings is 2. The molecule has 0 saturated heterocycles. The van der Waals surface area contributed by atoms with Gasteiger partial charge in [0.25, 0.3) is 0 Å². The zero-order valence-corrected chi connectivity index (χ0v) is 14.6. The molecule has 2 N–H and O–H groups in total. The molecule has 0 aromatic heterocycles. The van der Waals surface area contributed by atoms with Gasteiger partial charge in [-0.05, 0) is 43.9 Å². The smallest absolute Gasteiger partial charge is 0.342 e. The van der Waals surface area contributed by atoms with E-state index in [1.807, 2.05) is 30.3 Å². The molecule has 0 aliphatic carbocycles. The molecule has 0 aliphatic rings. The lowest BCUT2D eigenvalue weighted by Crippen LogP contribution is -2.10. The first-order chi connectivity index (χ1) is 12.1. The third-order valence-corrected chi connectivity index (χ3v) is 3.86. The number of hydrogen-bond donors (Lipinski definition) is 2. The van der Waals surface area contributed by atoms with Crippen molar-refractivity contribution in [1.29, 1.82) is 0 Å². The highest BCUT2D eigenvalue weighted by Crippen LogP contribution is 2.36. The Hall–Kier alpha value is -2.53. The second-order valence-corrected chi connectivity index (χ2v) is 5.72. The number of hydrogen-bond acceptors (Lipinski definition) is 5. The fraction of sp³-hybridized carbons (Fsp3) is 0.350. The van der Waals surface area contributed by atoms with Crippen LogP contribution in [0.25, 0.3) is 0 Å². The van der Waals surface area contributed by atoms with E-state index in [2.05, 4.69) is 0 Å². The Labute approximate surface area is 147 Å². The van der Waals surface area contributed by atoms with Crippen molar-refractivity contribution in [2.45, 2.75) is 33.3 Å². The van der Waals surface area contributed by atoms with Crippen LogP contribution in [-0.2, 0) is 17.8 Å². The van der Waals surface area contributed by atoms with E-state index in [1.54, 1.807) is 19.9 Å². The molecule has 0 unspecified atom stereocenters. The van der Waals surface area contributed by atoms with E-state index in [1.165, 1.54) is 0 Å². The van der Waals surface area contributed by atoms with Crippen LogP contribution in [0, 0.1) is 6.92 Å². The van der Waals surface area contributed by atoms with Crippen molar-refractivity contribution < 1.29 is 24.5 Å². The van der Waals surface area contributed by atoms with Crippen LogP contribution in [0.1, 0.15) is 40.4 Å². The molecule has 0 heterocycles. The first kappa shape index (κ1) is 18.8. The summed E-state index contributed by atoms with van der Waals surface area (Å²) in [6.07, 6.45) is 0.861. The normalized spacial score (nSPS) is 10.5. The fourth-order valence-corrected chi connectivity index (χ4v) is 2.63. The summed E-state index contributed by atoms with van der Waals surface area (Å²) in [6, 6.07) is 11.4. The van der Waals surface area contributed by atoms with Crippen LogP contribution in [0.3, 0.4) is 0 Å². The minimum absolute atomic E-state index is 0.0137. The van der Waals surface area contributed by atoms with E-state index < -0.39 is 5.97 Å². The molecule has 0 radical (unpaired) electrons. The van der Waals surface area contributed by atoms with Crippen LogP contribution in [0.2, 0.25) is 0 Å². The van der Waals surface area contributed by atoms with Crippen LogP contribution in [0.4, 0.5) is 0 Å². The number of phenolic OH excluding ortho intramolecular Hbond substituents is 1. The lowest BCUT2D eigenvalue weighted by atomic mass is 9.98. The first-order valence-electron chi connectivity index (χ1n) is 8.38. The molecule has 0 atom stereocenters. The van der Waals surface area contributed by atoms with Crippen LogP contribution in [0.15, 0.2) is 36.4 Å². The van der Waals surface area contributed by atoms with Gasteiger partial charge in [-0.3, -0.25) is 0 Å². The van der Waals surface area contributed by atoms with Crippen LogP contribution in [0.5, 0.6) is 11.5 Å². The molecule has 2 aromatic rings. The number of esters is 1. The highest BCUT2D eigenvalue weighted by Gasteiger charge is 2.22. The predicted octanol–water partition coefficient (Wildman–Crippen LogP) is 3.38. The summed E-state index contributed by atoms with van der Waals surface area (Å²) in [5.74, 6) is -0.173. The number of rotatable bonds is 8. The Kier molecular flexibility index (Phi) is 6.83. The highest BCUT2D eigenvalue weighted by atomic mass is 16.5. The van der Waals surface area contributed by atoms with E-state index in [0.29, 0.717) is 36.3 Å².